The maximum Gasteiger partial charge on any atom is 0.115 e. The fourth-order valence-corrected chi connectivity index (χ4v) is 0.808. The van der Waals surface area contributed by atoms with Crippen LogP contribution >= 0.6 is 0 Å². The molecule has 0 saturated heterocycles. The molecule has 2 nitrogen and oxygen atoms in total. The van der Waals surface area contributed by atoms with Gasteiger partial charge in [-0.15, -0.1) is 0 Å². The lowest BCUT2D eigenvalue weighted by Crippen LogP contribution is -2.32. The van der Waals surface area contributed by atoms with Gasteiger partial charge in [0, 0.05) is 11.9 Å². The van der Waals surface area contributed by atoms with E-state index in [1.54, 1.807) is 6.92 Å². The molecule has 0 aromatic carbocycles. The zero-order valence-electron chi connectivity index (χ0n) is 6.33. The van der Waals surface area contributed by atoms with Crippen LogP contribution in [-0.2, 0) is 6.61 Å². The van der Waals surface area contributed by atoms with Crippen LogP contribution in [0.2, 0.25) is 0 Å². The third kappa shape index (κ3) is 1.46. The van der Waals surface area contributed by atoms with Crippen LogP contribution in [-0.4, -0.2) is 25.8 Å². The van der Waals surface area contributed by atoms with Crippen molar-refractivity contribution >= 4 is 26.6 Å². The van der Waals surface area contributed by atoms with Gasteiger partial charge in [-0.3, -0.25) is 4.98 Å². The standard InChI is InChI=1S/C7H7B2NO/c1-4-6(8)7(9)5(3-11)2-10-4/h2,11H,3H2,1H3. The highest BCUT2D eigenvalue weighted by Crippen LogP contribution is 1.91. The zero-order chi connectivity index (χ0) is 8.43. The fourth-order valence-electron chi connectivity index (χ4n) is 0.808. The molecule has 0 saturated carbocycles. The number of hydrogen-bond acceptors (Lipinski definition) is 2. The number of aryl methyl sites for hydroxylation is 1. The molecule has 0 aliphatic carbocycles. The number of hydrogen-bond donors (Lipinski definition) is 1. The summed E-state index contributed by atoms with van der Waals surface area (Å²) in [6, 6.07) is 0. The Kier molecular flexibility index (Phi) is 2.34. The molecule has 0 aliphatic heterocycles. The van der Waals surface area contributed by atoms with E-state index in [4.69, 9.17) is 20.8 Å². The summed E-state index contributed by atoms with van der Waals surface area (Å²) in [7, 11) is 11.1. The monoisotopic (exact) mass is 143 g/mol. The van der Waals surface area contributed by atoms with Gasteiger partial charge in [-0.1, -0.05) is 10.9 Å². The van der Waals surface area contributed by atoms with Gasteiger partial charge >= 0.3 is 0 Å². The first kappa shape index (κ1) is 8.34. The molecule has 0 unspecified atom stereocenters. The van der Waals surface area contributed by atoms with Gasteiger partial charge in [0.1, 0.15) is 15.7 Å². The topological polar surface area (TPSA) is 33.1 Å². The normalized spacial score (nSPS) is 10.0. The Morgan fingerprint density at radius 3 is 2.64 bits per heavy atom. The summed E-state index contributed by atoms with van der Waals surface area (Å²) < 4.78 is 0. The molecule has 4 radical (unpaired) electrons. The van der Waals surface area contributed by atoms with Gasteiger partial charge in [-0.25, -0.2) is 0 Å². The van der Waals surface area contributed by atoms with Crippen LogP contribution in [0, 0.1) is 6.92 Å². The maximum atomic E-state index is 8.76. The van der Waals surface area contributed by atoms with E-state index in [1.807, 2.05) is 0 Å². The minimum absolute atomic E-state index is 0.122. The molecule has 0 amide bonds. The Balaban J connectivity index is 3.25. The average molecular weight is 143 g/mol. The van der Waals surface area contributed by atoms with Gasteiger partial charge in [-0.2, -0.15) is 0 Å². The lowest BCUT2D eigenvalue weighted by atomic mass is 9.78. The number of pyridine rings is 1. The average Bonchev–Trinajstić information content (AvgIpc) is 2.01. The highest BCUT2D eigenvalue weighted by atomic mass is 16.3. The Hall–Kier alpha value is -0.760. The summed E-state index contributed by atoms with van der Waals surface area (Å²) in [5.41, 5.74) is 2.16. The van der Waals surface area contributed by atoms with Crippen molar-refractivity contribution in [2.45, 2.75) is 13.5 Å². The van der Waals surface area contributed by atoms with Crippen LogP contribution in [0.1, 0.15) is 11.3 Å². The van der Waals surface area contributed by atoms with Crippen molar-refractivity contribution in [3.63, 3.8) is 0 Å². The Labute approximate surface area is 68.5 Å². The molecule has 4 heteroatoms. The van der Waals surface area contributed by atoms with Gasteiger partial charge in [0.25, 0.3) is 0 Å². The SMILES string of the molecule is [B]c1c(CO)cnc(C)c1[B]. The number of aliphatic hydroxyl groups is 1. The molecule has 11 heavy (non-hydrogen) atoms. The van der Waals surface area contributed by atoms with Crippen LogP contribution < -0.4 is 10.9 Å². The summed E-state index contributed by atoms with van der Waals surface area (Å²) in [4.78, 5) is 3.95. The first-order valence-corrected chi connectivity index (χ1v) is 3.27. The summed E-state index contributed by atoms with van der Waals surface area (Å²) in [5, 5.41) is 8.76. The molecular weight excluding hydrogens is 136 g/mol. The van der Waals surface area contributed by atoms with Crippen molar-refractivity contribution in [1.29, 1.82) is 0 Å². The molecule has 0 spiro atoms. The molecule has 0 bridgehead atoms. The van der Waals surface area contributed by atoms with Crippen molar-refractivity contribution in [3.05, 3.63) is 17.5 Å². The molecular formula is C7H7B2NO. The predicted octanol–water partition coefficient (Wildman–Crippen LogP) is -1.53. The molecule has 1 rings (SSSR count). The third-order valence-corrected chi connectivity index (χ3v) is 1.61. The largest absolute Gasteiger partial charge is 0.392 e. The quantitative estimate of drug-likeness (QED) is 0.483. The van der Waals surface area contributed by atoms with Gasteiger partial charge in [0.15, 0.2) is 0 Å². The van der Waals surface area contributed by atoms with Gasteiger partial charge in [0.2, 0.25) is 0 Å². The second kappa shape index (κ2) is 3.09. The van der Waals surface area contributed by atoms with Gasteiger partial charge in [-0.05, 0) is 12.5 Å². The van der Waals surface area contributed by atoms with E-state index in [2.05, 4.69) is 4.98 Å². The second-order valence-electron chi connectivity index (χ2n) is 2.35. The predicted molar refractivity (Wildman–Crippen MR) is 45.7 cm³/mol. The second-order valence-corrected chi connectivity index (χ2v) is 2.35. The molecule has 0 fully saturated rings. The summed E-state index contributed by atoms with van der Waals surface area (Å²) in [5.74, 6) is 0. The summed E-state index contributed by atoms with van der Waals surface area (Å²) >= 11 is 0. The van der Waals surface area contributed by atoms with Gasteiger partial charge < -0.3 is 5.11 Å². The smallest absolute Gasteiger partial charge is 0.115 e. The number of nitrogens with zero attached hydrogens (tertiary/aromatic N) is 1. The van der Waals surface area contributed by atoms with Gasteiger partial charge in [0.05, 0.1) is 6.61 Å². The fraction of sp³-hybridized carbons (Fsp3) is 0.286. The van der Waals surface area contributed by atoms with Crippen molar-refractivity contribution < 1.29 is 5.11 Å². The van der Waals surface area contributed by atoms with Crippen LogP contribution in [0.25, 0.3) is 0 Å². The molecule has 1 aromatic rings. The zero-order valence-corrected chi connectivity index (χ0v) is 6.33. The summed E-state index contributed by atoms with van der Waals surface area (Å²) in [6.07, 6.45) is 1.53. The van der Waals surface area contributed by atoms with Crippen molar-refractivity contribution in [2.75, 3.05) is 0 Å². The van der Waals surface area contributed by atoms with E-state index in [1.165, 1.54) is 6.20 Å². The Morgan fingerprint density at radius 1 is 1.45 bits per heavy atom. The van der Waals surface area contributed by atoms with E-state index < -0.39 is 0 Å². The maximum absolute atomic E-state index is 8.76. The van der Waals surface area contributed by atoms with E-state index >= 15 is 0 Å². The highest BCUT2D eigenvalue weighted by molar-refractivity contribution is 6.49. The highest BCUT2D eigenvalue weighted by Gasteiger charge is 2.01. The minimum atomic E-state index is -0.122. The molecule has 0 atom stereocenters. The first-order valence-electron chi connectivity index (χ1n) is 3.27. The molecule has 1 aromatic heterocycles. The Bertz CT molecular complexity index is 275. The third-order valence-electron chi connectivity index (χ3n) is 1.61. The lowest BCUT2D eigenvalue weighted by Gasteiger charge is -2.08. The number of aliphatic hydroxyl groups excluding tert-OH is 1. The number of aromatic nitrogens is 1. The first-order chi connectivity index (χ1) is 5.16. The molecule has 0 aliphatic rings. The van der Waals surface area contributed by atoms with Crippen LogP contribution in [0.15, 0.2) is 6.20 Å². The molecule has 1 heterocycles. The van der Waals surface area contributed by atoms with E-state index in [0.717, 1.165) is 0 Å². The van der Waals surface area contributed by atoms with Crippen LogP contribution in [0.5, 0.6) is 0 Å². The Morgan fingerprint density at radius 2 is 2.09 bits per heavy atom. The van der Waals surface area contributed by atoms with Crippen molar-refractivity contribution in [2.24, 2.45) is 0 Å². The molecule has 1 N–H and O–H groups in total. The van der Waals surface area contributed by atoms with Crippen LogP contribution in [0.3, 0.4) is 0 Å². The number of rotatable bonds is 1. The van der Waals surface area contributed by atoms with E-state index in [0.29, 0.717) is 22.2 Å². The van der Waals surface area contributed by atoms with Crippen molar-refractivity contribution in [3.8, 4) is 0 Å². The van der Waals surface area contributed by atoms with Crippen LogP contribution in [0.4, 0.5) is 0 Å². The summed E-state index contributed by atoms with van der Waals surface area (Å²) in [6.45, 7) is 1.65. The molecule has 52 valence electrons. The lowest BCUT2D eigenvalue weighted by molar-refractivity contribution is 0.282. The van der Waals surface area contributed by atoms with Crippen molar-refractivity contribution in [1.82, 2.24) is 4.98 Å². The van der Waals surface area contributed by atoms with E-state index in [-0.39, 0.29) is 6.61 Å². The minimum Gasteiger partial charge on any atom is -0.392 e. The van der Waals surface area contributed by atoms with E-state index in [9.17, 15) is 0 Å².